The van der Waals surface area contributed by atoms with Crippen LogP contribution in [-0.4, -0.2) is 23.2 Å². The van der Waals surface area contributed by atoms with Gasteiger partial charge in [0.05, 0.1) is 5.69 Å². The van der Waals surface area contributed by atoms with Crippen LogP contribution in [0.15, 0.2) is 42.5 Å². The lowest BCUT2D eigenvalue weighted by Crippen LogP contribution is -2.56. The Morgan fingerprint density at radius 1 is 1.09 bits per heavy atom. The van der Waals surface area contributed by atoms with Crippen LogP contribution in [0.2, 0.25) is 0 Å². The summed E-state index contributed by atoms with van der Waals surface area (Å²) >= 11 is 2.35. The zero-order chi connectivity index (χ0) is 15.7. The van der Waals surface area contributed by atoms with Crippen LogP contribution in [0.3, 0.4) is 0 Å². The van der Waals surface area contributed by atoms with E-state index in [4.69, 9.17) is 0 Å². The Bertz CT molecular complexity index is 671. The quantitative estimate of drug-likeness (QED) is 0.451. The molecule has 2 aromatic carbocycles. The zero-order valence-corrected chi connectivity index (χ0v) is 14.4. The lowest BCUT2D eigenvalue weighted by atomic mass is 10.0. The smallest absolute Gasteiger partial charge is 0.146 e. The summed E-state index contributed by atoms with van der Waals surface area (Å²) in [5, 5.41) is 3.33. The van der Waals surface area contributed by atoms with Gasteiger partial charge in [0.25, 0.3) is 0 Å². The minimum absolute atomic E-state index is 0.182. The largest absolute Gasteiger partial charge is 0.352 e. The second-order valence-electron chi connectivity index (χ2n) is 5.64. The van der Waals surface area contributed by atoms with Gasteiger partial charge in [0.2, 0.25) is 0 Å². The molecule has 1 saturated heterocycles. The average molecular weight is 414 g/mol. The number of alkyl halides is 1. The average Bonchev–Trinajstić information content (AvgIpc) is 2.49. The van der Waals surface area contributed by atoms with E-state index in [1.807, 2.05) is 6.07 Å². The van der Waals surface area contributed by atoms with Crippen LogP contribution >= 0.6 is 22.6 Å². The summed E-state index contributed by atoms with van der Waals surface area (Å²) < 4.78 is 27.2. The van der Waals surface area contributed by atoms with Gasteiger partial charge < -0.3 is 10.2 Å². The molecule has 0 spiro atoms. The van der Waals surface area contributed by atoms with Crippen molar-refractivity contribution in [3.63, 3.8) is 0 Å². The highest BCUT2D eigenvalue weighted by atomic mass is 127. The Morgan fingerprint density at radius 3 is 2.45 bits per heavy atom. The number of hydrogen-bond acceptors (Lipinski definition) is 2. The summed E-state index contributed by atoms with van der Waals surface area (Å²) in [6.07, 6.45) is 0. The van der Waals surface area contributed by atoms with Gasteiger partial charge in [-0.25, -0.2) is 8.78 Å². The second kappa shape index (κ2) is 6.12. The van der Waals surface area contributed by atoms with Crippen LogP contribution in [0.25, 0.3) is 11.1 Å². The van der Waals surface area contributed by atoms with Gasteiger partial charge in [0.1, 0.15) is 15.2 Å². The molecule has 1 unspecified atom stereocenters. The van der Waals surface area contributed by atoms with Gasteiger partial charge in [-0.15, -0.1) is 0 Å². The van der Waals surface area contributed by atoms with E-state index in [0.29, 0.717) is 5.69 Å². The van der Waals surface area contributed by atoms with Gasteiger partial charge in [-0.05, 0) is 42.3 Å². The summed E-state index contributed by atoms with van der Waals surface area (Å²) in [7, 11) is 0. The molecule has 1 N–H and O–H groups in total. The molecule has 2 nitrogen and oxygen atoms in total. The molecule has 0 radical (unpaired) electrons. The predicted molar refractivity (Wildman–Crippen MR) is 94.4 cm³/mol. The monoisotopic (exact) mass is 414 g/mol. The molecule has 0 aromatic heterocycles. The Morgan fingerprint density at radius 2 is 1.77 bits per heavy atom. The van der Waals surface area contributed by atoms with E-state index in [2.05, 4.69) is 39.7 Å². The van der Waals surface area contributed by atoms with Gasteiger partial charge in [-0.2, -0.15) is 0 Å². The molecule has 1 fully saturated rings. The normalized spacial score (nSPS) is 21.9. The van der Waals surface area contributed by atoms with E-state index in [0.717, 1.165) is 30.8 Å². The first kappa shape index (κ1) is 15.7. The highest BCUT2D eigenvalue weighted by Gasteiger charge is 2.33. The van der Waals surface area contributed by atoms with Crippen molar-refractivity contribution in [3.8, 4) is 11.1 Å². The minimum Gasteiger partial charge on any atom is -0.352 e. The summed E-state index contributed by atoms with van der Waals surface area (Å²) in [6, 6.07) is 11.4. The number of nitrogens with zero attached hydrogens (tertiary/aromatic N) is 1. The topological polar surface area (TPSA) is 15.3 Å². The molecule has 0 aliphatic carbocycles. The molecular formula is C17H17F2IN2. The number of benzene rings is 2. The molecule has 22 heavy (non-hydrogen) atoms. The van der Waals surface area contributed by atoms with Gasteiger partial charge in [-0.1, -0.05) is 40.8 Å². The fourth-order valence-corrected chi connectivity index (χ4v) is 3.52. The number of piperazine rings is 1. The maximum absolute atomic E-state index is 14.4. The third-order valence-corrected chi connectivity index (χ3v) is 4.90. The molecule has 116 valence electrons. The van der Waals surface area contributed by atoms with Crippen LogP contribution in [0.1, 0.15) is 6.92 Å². The zero-order valence-electron chi connectivity index (χ0n) is 12.2. The highest BCUT2D eigenvalue weighted by Crippen LogP contribution is 2.35. The molecule has 1 aliphatic heterocycles. The van der Waals surface area contributed by atoms with Crippen LogP contribution in [-0.2, 0) is 0 Å². The van der Waals surface area contributed by atoms with E-state index < -0.39 is 0 Å². The van der Waals surface area contributed by atoms with Crippen molar-refractivity contribution in [2.45, 2.75) is 10.5 Å². The van der Waals surface area contributed by atoms with Crippen molar-refractivity contribution >= 4 is 28.3 Å². The predicted octanol–water partition coefficient (Wildman–Crippen LogP) is 4.19. The number of hydrogen-bond donors (Lipinski definition) is 1. The molecule has 5 heteroatoms. The van der Waals surface area contributed by atoms with Crippen LogP contribution in [0.5, 0.6) is 0 Å². The van der Waals surface area contributed by atoms with Crippen LogP contribution < -0.4 is 10.2 Å². The molecule has 1 atom stereocenters. The summed E-state index contributed by atoms with van der Waals surface area (Å²) in [5.41, 5.74) is 2.37. The Kier molecular flexibility index (Phi) is 4.36. The Hall–Kier alpha value is -1.21. The minimum atomic E-state index is -0.270. The second-order valence-corrected chi connectivity index (χ2v) is 7.97. The first-order valence-electron chi connectivity index (χ1n) is 7.20. The van der Waals surface area contributed by atoms with Gasteiger partial charge in [0.15, 0.2) is 0 Å². The van der Waals surface area contributed by atoms with E-state index in [1.165, 1.54) is 18.2 Å². The fraction of sp³-hybridized carbons (Fsp3) is 0.294. The third kappa shape index (κ3) is 3.10. The van der Waals surface area contributed by atoms with Gasteiger partial charge in [0, 0.05) is 19.6 Å². The van der Waals surface area contributed by atoms with E-state index in [1.54, 1.807) is 18.2 Å². The maximum atomic E-state index is 14.4. The fourth-order valence-electron chi connectivity index (χ4n) is 2.75. The third-order valence-electron chi connectivity index (χ3n) is 3.94. The lowest BCUT2D eigenvalue weighted by Gasteiger charge is -2.43. The summed E-state index contributed by atoms with van der Waals surface area (Å²) in [4.78, 5) is 2.09. The molecule has 1 aliphatic rings. The summed E-state index contributed by atoms with van der Waals surface area (Å²) in [5.74, 6) is -0.497. The van der Waals surface area contributed by atoms with Crippen molar-refractivity contribution in [1.29, 1.82) is 0 Å². The van der Waals surface area contributed by atoms with Crippen molar-refractivity contribution in [1.82, 2.24) is 5.32 Å². The molecule has 1 heterocycles. The number of nitrogens with one attached hydrogen (secondary N) is 1. The Balaban J connectivity index is 2.01. The molecule has 0 bridgehead atoms. The number of anilines is 1. The number of rotatable bonds is 2. The maximum Gasteiger partial charge on any atom is 0.146 e. The molecule has 0 amide bonds. The first-order chi connectivity index (χ1) is 10.5. The van der Waals surface area contributed by atoms with E-state index in [-0.39, 0.29) is 15.2 Å². The van der Waals surface area contributed by atoms with Crippen molar-refractivity contribution in [2.24, 2.45) is 0 Å². The van der Waals surface area contributed by atoms with Gasteiger partial charge >= 0.3 is 0 Å². The molecule has 3 rings (SSSR count). The van der Waals surface area contributed by atoms with E-state index in [9.17, 15) is 8.78 Å². The van der Waals surface area contributed by atoms with Crippen LogP contribution in [0, 0.1) is 11.6 Å². The highest BCUT2D eigenvalue weighted by molar-refractivity contribution is 14.1. The SMILES string of the molecule is CC1(I)CNCCN1c1cc(-c2ccc(F)cc2)ccc1F. The van der Waals surface area contributed by atoms with Crippen molar-refractivity contribution < 1.29 is 8.78 Å². The standard InChI is InChI=1S/C17H17F2IN2/c1-17(20)11-21-8-9-22(17)16-10-13(4-7-15(16)19)12-2-5-14(18)6-3-12/h2-7,10,21H,8-9,11H2,1H3. The summed E-state index contributed by atoms with van der Waals surface area (Å²) in [6.45, 7) is 4.47. The first-order valence-corrected chi connectivity index (χ1v) is 8.28. The molecule has 0 saturated carbocycles. The number of halogens is 3. The Labute approximate surface area is 142 Å². The van der Waals surface area contributed by atoms with Gasteiger partial charge in [-0.3, -0.25) is 0 Å². The van der Waals surface area contributed by atoms with Crippen LogP contribution in [0.4, 0.5) is 14.5 Å². The van der Waals surface area contributed by atoms with Crippen molar-refractivity contribution in [3.05, 3.63) is 54.1 Å². The molecule has 2 aromatic rings. The van der Waals surface area contributed by atoms with Crippen molar-refractivity contribution in [2.75, 3.05) is 24.5 Å². The van der Waals surface area contributed by atoms with E-state index >= 15 is 0 Å². The lowest BCUT2D eigenvalue weighted by molar-refractivity contribution is 0.476. The molecular weight excluding hydrogens is 397 g/mol.